The molecule has 1 aliphatic rings. The van der Waals surface area contributed by atoms with Crippen LogP contribution in [0.25, 0.3) is 0 Å². The molecule has 0 spiro atoms. The fraction of sp³-hybridized carbons (Fsp3) is 0.846. The third-order valence-electron chi connectivity index (χ3n) is 2.75. The molecule has 19 heavy (non-hydrogen) atoms. The lowest BCUT2D eigenvalue weighted by molar-refractivity contribution is -0.301. The van der Waals surface area contributed by atoms with Crippen LogP contribution in [0.1, 0.15) is 40.0 Å². The zero-order valence-electron chi connectivity index (χ0n) is 11.7. The molecule has 1 rings (SSSR count). The molecule has 6 heteroatoms. The van der Waals surface area contributed by atoms with E-state index < -0.39 is 5.79 Å². The van der Waals surface area contributed by atoms with Gasteiger partial charge in [-0.2, -0.15) is 0 Å². The minimum absolute atomic E-state index is 0.0943. The molecular weight excluding hydrogens is 252 g/mol. The van der Waals surface area contributed by atoms with Crippen molar-refractivity contribution in [3.05, 3.63) is 0 Å². The summed E-state index contributed by atoms with van der Waals surface area (Å²) in [6.45, 7) is 6.46. The van der Waals surface area contributed by atoms with Crippen molar-refractivity contribution in [3.8, 4) is 0 Å². The maximum absolute atomic E-state index is 11.5. The van der Waals surface area contributed by atoms with Crippen molar-refractivity contribution in [3.63, 3.8) is 0 Å². The van der Waals surface area contributed by atoms with Crippen molar-refractivity contribution in [2.75, 3.05) is 13.2 Å². The molecule has 0 unspecified atom stereocenters. The largest absolute Gasteiger partial charge is 0.468 e. The highest BCUT2D eigenvalue weighted by Crippen LogP contribution is 2.29. The lowest BCUT2D eigenvalue weighted by Gasteiger charge is -2.40. The van der Waals surface area contributed by atoms with E-state index in [2.05, 4.69) is 4.74 Å². The molecule has 0 aromatic rings. The summed E-state index contributed by atoms with van der Waals surface area (Å²) in [5.41, 5.74) is 0. The zero-order chi connectivity index (χ0) is 14.3. The summed E-state index contributed by atoms with van der Waals surface area (Å²) in [5.74, 6) is -1.02. The van der Waals surface area contributed by atoms with Crippen LogP contribution >= 0.6 is 0 Å². The molecule has 0 amide bonds. The van der Waals surface area contributed by atoms with Crippen LogP contribution in [0, 0.1) is 0 Å². The summed E-state index contributed by atoms with van der Waals surface area (Å²) in [6, 6.07) is 0. The molecule has 0 N–H and O–H groups in total. The molecule has 0 aromatic carbocycles. The molecule has 6 nitrogen and oxygen atoms in total. The smallest absolute Gasteiger partial charge is 0.308 e. The van der Waals surface area contributed by atoms with Crippen LogP contribution in [-0.2, 0) is 28.5 Å². The molecule has 1 heterocycles. The molecule has 0 bridgehead atoms. The van der Waals surface area contributed by atoms with Gasteiger partial charge >= 0.3 is 5.97 Å². The van der Waals surface area contributed by atoms with Gasteiger partial charge in [-0.1, -0.05) is 0 Å². The Kier molecular flexibility index (Phi) is 6.24. The second-order valence-electron chi connectivity index (χ2n) is 4.88. The van der Waals surface area contributed by atoms with Crippen molar-refractivity contribution >= 4 is 12.4 Å². The monoisotopic (exact) mass is 274 g/mol. The predicted molar refractivity (Wildman–Crippen MR) is 66.3 cm³/mol. The molecule has 2 atom stereocenters. The van der Waals surface area contributed by atoms with Crippen LogP contribution in [-0.4, -0.2) is 43.7 Å². The Labute approximate surface area is 113 Å². The van der Waals surface area contributed by atoms with Gasteiger partial charge in [-0.25, -0.2) is 0 Å². The van der Waals surface area contributed by atoms with Crippen molar-refractivity contribution in [2.45, 2.75) is 58.0 Å². The Bertz CT molecular complexity index is 302. The summed E-state index contributed by atoms with van der Waals surface area (Å²) >= 11 is 0. The minimum Gasteiger partial charge on any atom is -0.468 e. The van der Waals surface area contributed by atoms with Crippen LogP contribution in [0.5, 0.6) is 0 Å². The van der Waals surface area contributed by atoms with E-state index >= 15 is 0 Å². The number of hydrogen-bond acceptors (Lipinski definition) is 6. The Morgan fingerprint density at radius 1 is 1.37 bits per heavy atom. The highest BCUT2D eigenvalue weighted by molar-refractivity contribution is 5.69. The molecular formula is C13H22O6. The van der Waals surface area contributed by atoms with Crippen molar-refractivity contribution in [1.29, 1.82) is 0 Å². The van der Waals surface area contributed by atoms with E-state index in [1.165, 1.54) is 0 Å². The summed E-state index contributed by atoms with van der Waals surface area (Å²) in [6.07, 6.45) is 1.06. The summed E-state index contributed by atoms with van der Waals surface area (Å²) < 4.78 is 21.0. The van der Waals surface area contributed by atoms with Crippen molar-refractivity contribution < 1.29 is 28.5 Å². The molecule has 1 fully saturated rings. The van der Waals surface area contributed by atoms with E-state index in [4.69, 9.17) is 14.2 Å². The first-order chi connectivity index (χ1) is 8.96. The quantitative estimate of drug-likeness (QED) is 0.397. The molecule has 0 aliphatic carbocycles. The summed E-state index contributed by atoms with van der Waals surface area (Å²) in [5, 5.41) is 0. The van der Waals surface area contributed by atoms with Gasteiger partial charge in [0.05, 0.1) is 31.8 Å². The van der Waals surface area contributed by atoms with Gasteiger partial charge in [-0.15, -0.1) is 0 Å². The first kappa shape index (κ1) is 15.9. The molecule has 110 valence electrons. The minimum atomic E-state index is -0.749. The number of hydrogen-bond donors (Lipinski definition) is 0. The molecule has 1 saturated heterocycles. The summed E-state index contributed by atoms with van der Waals surface area (Å²) in [4.78, 5) is 21.6. The molecule has 1 aliphatic heterocycles. The average Bonchev–Trinajstić information content (AvgIpc) is 2.27. The van der Waals surface area contributed by atoms with E-state index in [1.807, 2.05) is 0 Å². The number of esters is 1. The lowest BCUT2D eigenvalue weighted by atomic mass is 10.0. The third kappa shape index (κ3) is 6.02. The van der Waals surface area contributed by atoms with Crippen molar-refractivity contribution in [1.82, 2.24) is 0 Å². The van der Waals surface area contributed by atoms with E-state index in [9.17, 15) is 9.59 Å². The lowest BCUT2D eigenvalue weighted by Crippen LogP contribution is -2.45. The Morgan fingerprint density at radius 3 is 2.68 bits per heavy atom. The fourth-order valence-electron chi connectivity index (χ4n) is 2.18. The molecule has 0 saturated carbocycles. The van der Waals surface area contributed by atoms with Crippen LogP contribution in [0.15, 0.2) is 0 Å². The third-order valence-corrected chi connectivity index (χ3v) is 2.75. The van der Waals surface area contributed by atoms with Gasteiger partial charge in [0.15, 0.2) is 5.79 Å². The Hall–Kier alpha value is -1.14. The van der Waals surface area contributed by atoms with E-state index in [-0.39, 0.29) is 24.6 Å². The molecule has 0 radical (unpaired) electrons. The van der Waals surface area contributed by atoms with Crippen LogP contribution < -0.4 is 0 Å². The zero-order valence-corrected chi connectivity index (χ0v) is 11.7. The number of ether oxygens (including phenoxy) is 4. The predicted octanol–water partition coefficient (Wildman–Crippen LogP) is 1.41. The van der Waals surface area contributed by atoms with Gasteiger partial charge in [-0.3, -0.25) is 9.59 Å². The van der Waals surface area contributed by atoms with Gasteiger partial charge in [0.2, 0.25) is 0 Å². The van der Waals surface area contributed by atoms with Gasteiger partial charge in [-0.05, 0) is 20.8 Å². The first-order valence-electron chi connectivity index (χ1n) is 6.53. The second-order valence-corrected chi connectivity index (χ2v) is 4.88. The van der Waals surface area contributed by atoms with Gasteiger partial charge in [0.25, 0.3) is 6.47 Å². The standard InChI is InChI=1S/C13H22O6/c1-4-17-12(15)8-11-7-10(5-6-16-9-14)18-13(2,3)19-11/h9-11H,4-8H2,1-3H3/t10-,11-/m1/s1. The number of rotatable bonds is 7. The van der Waals surface area contributed by atoms with Crippen molar-refractivity contribution in [2.24, 2.45) is 0 Å². The van der Waals surface area contributed by atoms with E-state index in [1.54, 1.807) is 20.8 Å². The van der Waals surface area contributed by atoms with Crippen LogP contribution in [0.2, 0.25) is 0 Å². The van der Waals surface area contributed by atoms with E-state index in [0.29, 0.717) is 32.5 Å². The number of carbonyl (C=O) groups excluding carboxylic acids is 2. The normalized spacial score (nSPS) is 25.6. The maximum atomic E-state index is 11.5. The van der Waals surface area contributed by atoms with Gasteiger partial charge in [0.1, 0.15) is 0 Å². The highest BCUT2D eigenvalue weighted by Gasteiger charge is 2.36. The maximum Gasteiger partial charge on any atom is 0.308 e. The van der Waals surface area contributed by atoms with E-state index in [0.717, 1.165) is 0 Å². The fourth-order valence-corrected chi connectivity index (χ4v) is 2.18. The van der Waals surface area contributed by atoms with Gasteiger partial charge in [0, 0.05) is 12.8 Å². The second kappa shape index (κ2) is 7.45. The van der Waals surface area contributed by atoms with Gasteiger partial charge < -0.3 is 18.9 Å². The first-order valence-corrected chi connectivity index (χ1v) is 6.53. The summed E-state index contributed by atoms with van der Waals surface area (Å²) in [7, 11) is 0. The SMILES string of the molecule is CCOC(=O)C[C@H]1C[C@@H](CCOC=O)OC(C)(C)O1. The topological polar surface area (TPSA) is 71.1 Å². The highest BCUT2D eigenvalue weighted by atomic mass is 16.7. The molecule has 0 aromatic heterocycles. The number of carbonyl (C=O) groups is 2. The van der Waals surface area contributed by atoms with Crippen LogP contribution in [0.4, 0.5) is 0 Å². The Balaban J connectivity index is 2.48. The Morgan fingerprint density at radius 2 is 2.05 bits per heavy atom. The average molecular weight is 274 g/mol. The van der Waals surface area contributed by atoms with Crippen LogP contribution in [0.3, 0.4) is 0 Å².